The van der Waals surface area contributed by atoms with Crippen molar-refractivity contribution >= 4 is 5.82 Å². The number of nitrogens with two attached hydrogens (primary N) is 1. The molecule has 0 amide bonds. The molecule has 4 nitrogen and oxygen atoms in total. The first kappa shape index (κ1) is 10.4. The molecule has 0 saturated carbocycles. The summed E-state index contributed by atoms with van der Waals surface area (Å²) in [4.78, 5) is 8.18. The van der Waals surface area contributed by atoms with E-state index in [0.717, 1.165) is 22.6 Å². The van der Waals surface area contributed by atoms with E-state index >= 15 is 0 Å². The van der Waals surface area contributed by atoms with E-state index in [2.05, 4.69) is 9.97 Å². The summed E-state index contributed by atoms with van der Waals surface area (Å²) in [6.07, 6.45) is 1.47. The molecule has 0 spiro atoms. The molecule has 0 radical (unpaired) electrons. The predicted molar refractivity (Wildman–Crippen MR) is 63.2 cm³/mol. The Bertz CT molecular complexity index is 511. The van der Waals surface area contributed by atoms with Crippen LogP contribution in [-0.4, -0.2) is 17.1 Å². The van der Waals surface area contributed by atoms with E-state index in [-0.39, 0.29) is 0 Å². The fourth-order valence-corrected chi connectivity index (χ4v) is 1.53. The van der Waals surface area contributed by atoms with Gasteiger partial charge in [0.25, 0.3) is 0 Å². The number of hydrogen-bond donors (Lipinski definition) is 1. The van der Waals surface area contributed by atoms with E-state index in [0.29, 0.717) is 5.82 Å². The molecule has 2 N–H and O–H groups in total. The third kappa shape index (κ3) is 1.82. The Labute approximate surface area is 94.1 Å². The van der Waals surface area contributed by atoms with Crippen LogP contribution < -0.4 is 10.5 Å². The van der Waals surface area contributed by atoms with Crippen LogP contribution in [0.15, 0.2) is 30.6 Å². The van der Waals surface area contributed by atoms with Crippen molar-refractivity contribution in [1.29, 1.82) is 0 Å². The average molecular weight is 215 g/mol. The van der Waals surface area contributed by atoms with E-state index < -0.39 is 0 Å². The van der Waals surface area contributed by atoms with Crippen molar-refractivity contribution in [3.63, 3.8) is 0 Å². The Morgan fingerprint density at radius 1 is 1.25 bits per heavy atom. The van der Waals surface area contributed by atoms with Crippen LogP contribution in [0.1, 0.15) is 5.56 Å². The van der Waals surface area contributed by atoms with Gasteiger partial charge in [0.2, 0.25) is 0 Å². The Hall–Kier alpha value is -2.10. The van der Waals surface area contributed by atoms with Gasteiger partial charge in [-0.2, -0.15) is 0 Å². The smallest absolute Gasteiger partial charge is 0.130 e. The maximum absolute atomic E-state index is 5.75. The van der Waals surface area contributed by atoms with Gasteiger partial charge in [-0.3, -0.25) is 0 Å². The van der Waals surface area contributed by atoms with Crippen LogP contribution in [0.5, 0.6) is 5.75 Å². The van der Waals surface area contributed by atoms with Crippen molar-refractivity contribution in [3.05, 3.63) is 36.2 Å². The lowest BCUT2D eigenvalue weighted by atomic mass is 10.1. The van der Waals surface area contributed by atoms with Gasteiger partial charge >= 0.3 is 0 Å². The number of benzene rings is 1. The van der Waals surface area contributed by atoms with Gasteiger partial charge in [-0.05, 0) is 19.1 Å². The Morgan fingerprint density at radius 2 is 2.06 bits per heavy atom. The first-order valence-corrected chi connectivity index (χ1v) is 4.94. The lowest BCUT2D eigenvalue weighted by Gasteiger charge is -2.07. The summed E-state index contributed by atoms with van der Waals surface area (Å²) < 4.78 is 5.17. The molecular weight excluding hydrogens is 202 g/mol. The number of hydrogen-bond acceptors (Lipinski definition) is 4. The van der Waals surface area contributed by atoms with E-state index in [1.54, 1.807) is 7.11 Å². The van der Waals surface area contributed by atoms with Gasteiger partial charge in [-0.15, -0.1) is 0 Å². The minimum Gasteiger partial charge on any atom is -0.497 e. The molecule has 0 aliphatic heterocycles. The fraction of sp³-hybridized carbons (Fsp3) is 0.167. The molecule has 0 atom stereocenters. The monoisotopic (exact) mass is 215 g/mol. The molecule has 0 aliphatic rings. The highest BCUT2D eigenvalue weighted by Gasteiger charge is 2.07. The zero-order valence-electron chi connectivity index (χ0n) is 9.27. The molecule has 4 heteroatoms. The van der Waals surface area contributed by atoms with Crippen molar-refractivity contribution in [2.75, 3.05) is 12.8 Å². The molecule has 2 rings (SSSR count). The molecule has 0 bridgehead atoms. The lowest BCUT2D eigenvalue weighted by Crippen LogP contribution is -1.98. The first-order valence-electron chi connectivity index (χ1n) is 4.94. The second-order valence-electron chi connectivity index (χ2n) is 3.46. The van der Waals surface area contributed by atoms with Crippen molar-refractivity contribution in [2.24, 2.45) is 0 Å². The van der Waals surface area contributed by atoms with Crippen LogP contribution in [0.2, 0.25) is 0 Å². The maximum Gasteiger partial charge on any atom is 0.130 e. The predicted octanol–water partition coefficient (Wildman–Crippen LogP) is 2.04. The lowest BCUT2D eigenvalue weighted by molar-refractivity contribution is 0.415. The summed E-state index contributed by atoms with van der Waals surface area (Å²) in [6.45, 7) is 1.91. The quantitative estimate of drug-likeness (QED) is 0.832. The number of rotatable bonds is 2. The number of aromatic nitrogens is 2. The van der Waals surface area contributed by atoms with Gasteiger partial charge in [-0.25, -0.2) is 9.97 Å². The van der Waals surface area contributed by atoms with E-state index in [1.165, 1.54) is 6.33 Å². The SMILES string of the molecule is COc1cccc(-c2ncnc(N)c2C)c1. The zero-order chi connectivity index (χ0) is 11.5. The van der Waals surface area contributed by atoms with Crippen molar-refractivity contribution in [3.8, 4) is 17.0 Å². The molecule has 16 heavy (non-hydrogen) atoms. The Morgan fingerprint density at radius 3 is 2.81 bits per heavy atom. The number of nitrogen functional groups attached to an aromatic ring is 1. The number of ether oxygens (including phenoxy) is 1. The van der Waals surface area contributed by atoms with Crippen LogP contribution >= 0.6 is 0 Å². The minimum atomic E-state index is 0.507. The van der Waals surface area contributed by atoms with Gasteiger partial charge in [0.05, 0.1) is 12.8 Å². The topological polar surface area (TPSA) is 61.0 Å². The molecule has 1 aromatic carbocycles. The highest BCUT2D eigenvalue weighted by Crippen LogP contribution is 2.26. The van der Waals surface area contributed by atoms with Crippen molar-refractivity contribution in [1.82, 2.24) is 9.97 Å². The highest BCUT2D eigenvalue weighted by atomic mass is 16.5. The van der Waals surface area contributed by atoms with E-state index in [1.807, 2.05) is 31.2 Å². The van der Waals surface area contributed by atoms with Crippen molar-refractivity contribution in [2.45, 2.75) is 6.92 Å². The zero-order valence-corrected chi connectivity index (χ0v) is 9.27. The highest BCUT2D eigenvalue weighted by molar-refractivity contribution is 5.67. The Balaban J connectivity index is 2.54. The summed E-state index contributed by atoms with van der Waals surface area (Å²) in [6, 6.07) is 7.71. The van der Waals surface area contributed by atoms with E-state index in [9.17, 15) is 0 Å². The van der Waals surface area contributed by atoms with Gasteiger partial charge in [0, 0.05) is 11.1 Å². The van der Waals surface area contributed by atoms with Crippen LogP contribution in [0.3, 0.4) is 0 Å². The molecule has 0 aliphatic carbocycles. The summed E-state index contributed by atoms with van der Waals surface area (Å²) >= 11 is 0. The molecular formula is C12H13N3O. The Kier molecular flexibility index (Phi) is 2.72. The molecule has 2 aromatic rings. The summed E-state index contributed by atoms with van der Waals surface area (Å²) in [5, 5.41) is 0. The van der Waals surface area contributed by atoms with Crippen LogP contribution in [0.4, 0.5) is 5.82 Å². The van der Waals surface area contributed by atoms with Crippen LogP contribution in [0, 0.1) is 6.92 Å². The van der Waals surface area contributed by atoms with E-state index in [4.69, 9.17) is 10.5 Å². The van der Waals surface area contributed by atoms with Crippen LogP contribution in [-0.2, 0) is 0 Å². The summed E-state index contributed by atoms with van der Waals surface area (Å²) in [7, 11) is 1.64. The van der Waals surface area contributed by atoms with Crippen molar-refractivity contribution < 1.29 is 4.74 Å². The van der Waals surface area contributed by atoms with Gasteiger partial charge < -0.3 is 10.5 Å². The third-order valence-corrected chi connectivity index (χ3v) is 2.47. The maximum atomic E-state index is 5.75. The van der Waals surface area contributed by atoms with Gasteiger partial charge in [0.15, 0.2) is 0 Å². The molecule has 82 valence electrons. The number of anilines is 1. The van der Waals surface area contributed by atoms with Gasteiger partial charge in [-0.1, -0.05) is 12.1 Å². The molecule has 0 saturated heterocycles. The normalized spacial score (nSPS) is 10.1. The second-order valence-corrected chi connectivity index (χ2v) is 3.46. The summed E-state index contributed by atoms with van der Waals surface area (Å²) in [5.74, 6) is 1.31. The van der Waals surface area contributed by atoms with Crippen LogP contribution in [0.25, 0.3) is 11.3 Å². The fourth-order valence-electron chi connectivity index (χ4n) is 1.53. The first-order chi connectivity index (χ1) is 7.72. The number of methoxy groups -OCH3 is 1. The summed E-state index contributed by atoms with van der Waals surface area (Å²) in [5.41, 5.74) is 8.45. The molecule has 0 unspecified atom stereocenters. The second kappa shape index (κ2) is 4.18. The largest absolute Gasteiger partial charge is 0.497 e. The standard InChI is InChI=1S/C12H13N3O/c1-8-11(14-7-15-12(8)13)9-4-3-5-10(6-9)16-2/h3-7H,1-2H3,(H2,13,14,15). The number of nitrogens with zero attached hydrogens (tertiary/aromatic N) is 2. The molecule has 0 fully saturated rings. The van der Waals surface area contributed by atoms with Gasteiger partial charge in [0.1, 0.15) is 17.9 Å². The molecule has 1 aromatic heterocycles. The third-order valence-electron chi connectivity index (χ3n) is 2.47. The minimum absolute atomic E-state index is 0.507. The average Bonchev–Trinajstić information content (AvgIpc) is 2.33. The molecule has 1 heterocycles.